The van der Waals surface area contributed by atoms with Gasteiger partial charge in [0, 0.05) is 24.6 Å². The summed E-state index contributed by atoms with van der Waals surface area (Å²) in [5.74, 6) is 0.267. The Kier molecular flexibility index (Phi) is 3.94. The summed E-state index contributed by atoms with van der Waals surface area (Å²) in [6.07, 6.45) is 0. The third-order valence-corrected chi connectivity index (χ3v) is 5.60. The summed E-state index contributed by atoms with van der Waals surface area (Å²) >= 11 is 1.70. The highest BCUT2D eigenvalue weighted by atomic mass is 32.2. The van der Waals surface area contributed by atoms with Gasteiger partial charge in [0.2, 0.25) is 10.0 Å². The molecular formula is C11H13NO4S2. The van der Waals surface area contributed by atoms with Crippen LogP contribution in [0.5, 0.6) is 0 Å². The summed E-state index contributed by atoms with van der Waals surface area (Å²) in [6, 6.07) is 5.72. The first kappa shape index (κ1) is 13.4. The quantitative estimate of drug-likeness (QED) is 0.901. The third-order valence-electron chi connectivity index (χ3n) is 2.71. The maximum atomic E-state index is 12.4. The highest BCUT2D eigenvalue weighted by molar-refractivity contribution is 7.99. The summed E-state index contributed by atoms with van der Waals surface area (Å²) in [7, 11) is -3.70. The number of carbonyl (C=O) groups is 1. The molecule has 18 heavy (non-hydrogen) atoms. The fourth-order valence-electron chi connectivity index (χ4n) is 1.79. The predicted octanol–water partition coefficient (Wildman–Crippen LogP) is 1.12. The van der Waals surface area contributed by atoms with Crippen LogP contribution in [0.25, 0.3) is 0 Å². The number of hydrogen-bond donors (Lipinski definition) is 1. The van der Waals surface area contributed by atoms with Crippen LogP contribution in [0.1, 0.15) is 10.4 Å². The molecule has 0 unspecified atom stereocenters. The second kappa shape index (κ2) is 5.29. The van der Waals surface area contributed by atoms with Crippen molar-refractivity contribution in [3.05, 3.63) is 29.8 Å². The predicted molar refractivity (Wildman–Crippen MR) is 69.5 cm³/mol. The van der Waals surface area contributed by atoms with Gasteiger partial charge in [-0.25, -0.2) is 13.2 Å². The molecule has 1 aliphatic rings. The van der Waals surface area contributed by atoms with Gasteiger partial charge in [0.1, 0.15) is 0 Å². The number of nitrogens with zero attached hydrogens (tertiary/aromatic N) is 1. The zero-order chi connectivity index (χ0) is 13.2. The first-order valence-electron chi connectivity index (χ1n) is 5.43. The van der Waals surface area contributed by atoms with Crippen molar-refractivity contribution >= 4 is 27.8 Å². The normalized spacial score (nSPS) is 17.6. The van der Waals surface area contributed by atoms with Crippen molar-refractivity contribution < 1.29 is 18.3 Å². The lowest BCUT2D eigenvalue weighted by Crippen LogP contribution is -2.38. The monoisotopic (exact) mass is 287 g/mol. The minimum Gasteiger partial charge on any atom is -0.478 e. The standard InChI is InChI=1S/C11H13NO4S2/c13-11(14)9-3-1-2-4-10(9)18(15,16)12-5-7-17-8-6-12/h1-4H,5-8H2,(H,13,14). The fourth-order valence-corrected chi connectivity index (χ4v) is 4.55. The van der Waals surface area contributed by atoms with E-state index < -0.39 is 16.0 Å². The Hall–Kier alpha value is -1.05. The second-order valence-electron chi connectivity index (χ2n) is 3.82. The number of hydrogen-bond acceptors (Lipinski definition) is 4. The van der Waals surface area contributed by atoms with Crippen molar-refractivity contribution in [3.63, 3.8) is 0 Å². The van der Waals surface area contributed by atoms with Gasteiger partial charge in [-0.2, -0.15) is 16.1 Å². The molecule has 0 radical (unpaired) electrons. The van der Waals surface area contributed by atoms with Crippen LogP contribution in [0, 0.1) is 0 Å². The molecule has 1 aromatic carbocycles. The van der Waals surface area contributed by atoms with Gasteiger partial charge < -0.3 is 5.11 Å². The van der Waals surface area contributed by atoms with Gasteiger partial charge >= 0.3 is 5.97 Å². The van der Waals surface area contributed by atoms with Crippen molar-refractivity contribution in [2.45, 2.75) is 4.90 Å². The maximum Gasteiger partial charge on any atom is 0.337 e. The molecular weight excluding hydrogens is 274 g/mol. The van der Waals surface area contributed by atoms with Crippen molar-refractivity contribution in [1.29, 1.82) is 0 Å². The Morgan fingerprint density at radius 1 is 1.22 bits per heavy atom. The number of carboxylic acid groups (broad SMARTS) is 1. The van der Waals surface area contributed by atoms with Gasteiger partial charge in [0.05, 0.1) is 10.5 Å². The highest BCUT2D eigenvalue weighted by Gasteiger charge is 2.29. The molecule has 0 aliphatic carbocycles. The zero-order valence-electron chi connectivity index (χ0n) is 9.57. The molecule has 0 bridgehead atoms. The Balaban J connectivity index is 2.43. The van der Waals surface area contributed by atoms with E-state index in [2.05, 4.69) is 0 Å². The summed E-state index contributed by atoms with van der Waals surface area (Å²) in [6.45, 7) is 0.863. The SMILES string of the molecule is O=C(O)c1ccccc1S(=O)(=O)N1CCSCC1. The molecule has 1 N–H and O–H groups in total. The van der Waals surface area contributed by atoms with Gasteiger partial charge in [-0.15, -0.1) is 0 Å². The summed E-state index contributed by atoms with van der Waals surface area (Å²) in [5, 5.41) is 9.04. The molecule has 1 aromatic rings. The number of rotatable bonds is 3. The summed E-state index contributed by atoms with van der Waals surface area (Å²) in [5.41, 5.74) is -0.171. The fraction of sp³-hybridized carbons (Fsp3) is 0.364. The molecule has 1 aliphatic heterocycles. The minimum absolute atomic E-state index is 0.121. The first-order valence-corrected chi connectivity index (χ1v) is 8.03. The lowest BCUT2D eigenvalue weighted by Gasteiger charge is -2.26. The number of carboxylic acids is 1. The highest BCUT2D eigenvalue weighted by Crippen LogP contribution is 2.23. The Morgan fingerprint density at radius 2 is 1.83 bits per heavy atom. The molecule has 0 aromatic heterocycles. The Bertz CT molecular complexity index is 550. The zero-order valence-corrected chi connectivity index (χ0v) is 11.2. The third kappa shape index (κ3) is 2.52. The molecule has 0 spiro atoms. The molecule has 1 heterocycles. The molecule has 0 amide bonds. The van der Waals surface area contributed by atoms with E-state index in [1.165, 1.54) is 28.6 Å². The number of sulfonamides is 1. The molecule has 5 nitrogen and oxygen atoms in total. The van der Waals surface area contributed by atoms with E-state index in [0.29, 0.717) is 13.1 Å². The smallest absolute Gasteiger partial charge is 0.337 e. The van der Waals surface area contributed by atoms with Crippen molar-refractivity contribution in [3.8, 4) is 0 Å². The van der Waals surface area contributed by atoms with E-state index >= 15 is 0 Å². The van der Waals surface area contributed by atoms with Gasteiger partial charge in [-0.3, -0.25) is 0 Å². The molecule has 1 saturated heterocycles. The largest absolute Gasteiger partial charge is 0.478 e. The van der Waals surface area contributed by atoms with Crippen LogP contribution < -0.4 is 0 Å². The van der Waals surface area contributed by atoms with Crippen LogP contribution in [0.4, 0.5) is 0 Å². The Labute approximate surface area is 110 Å². The average Bonchev–Trinajstić information content (AvgIpc) is 2.39. The molecule has 0 saturated carbocycles. The molecule has 98 valence electrons. The van der Waals surface area contributed by atoms with Crippen LogP contribution in [0.15, 0.2) is 29.2 Å². The van der Waals surface area contributed by atoms with Crippen LogP contribution >= 0.6 is 11.8 Å². The van der Waals surface area contributed by atoms with Crippen molar-refractivity contribution in [1.82, 2.24) is 4.31 Å². The number of thioether (sulfide) groups is 1. The van der Waals surface area contributed by atoms with E-state index in [-0.39, 0.29) is 10.5 Å². The van der Waals surface area contributed by atoms with Crippen LogP contribution in [0.2, 0.25) is 0 Å². The molecule has 2 rings (SSSR count). The van der Waals surface area contributed by atoms with Crippen LogP contribution in [-0.4, -0.2) is 48.4 Å². The molecule has 1 fully saturated rings. The van der Waals surface area contributed by atoms with Crippen LogP contribution in [0.3, 0.4) is 0 Å². The van der Waals surface area contributed by atoms with E-state index in [0.717, 1.165) is 11.5 Å². The lowest BCUT2D eigenvalue weighted by molar-refractivity contribution is 0.0692. The van der Waals surface area contributed by atoms with Gasteiger partial charge in [0.15, 0.2) is 0 Å². The topological polar surface area (TPSA) is 74.7 Å². The average molecular weight is 287 g/mol. The minimum atomic E-state index is -3.70. The first-order chi connectivity index (χ1) is 8.53. The van der Waals surface area contributed by atoms with E-state index in [1.54, 1.807) is 11.8 Å². The van der Waals surface area contributed by atoms with Crippen LogP contribution in [-0.2, 0) is 10.0 Å². The maximum absolute atomic E-state index is 12.4. The van der Waals surface area contributed by atoms with E-state index in [4.69, 9.17) is 5.11 Å². The van der Waals surface area contributed by atoms with Gasteiger partial charge in [-0.1, -0.05) is 12.1 Å². The summed E-state index contributed by atoms with van der Waals surface area (Å²) < 4.78 is 26.1. The van der Waals surface area contributed by atoms with Crippen molar-refractivity contribution in [2.75, 3.05) is 24.6 Å². The van der Waals surface area contributed by atoms with Crippen molar-refractivity contribution in [2.24, 2.45) is 0 Å². The lowest BCUT2D eigenvalue weighted by atomic mass is 10.2. The second-order valence-corrected chi connectivity index (χ2v) is 6.95. The van der Waals surface area contributed by atoms with Gasteiger partial charge in [0.25, 0.3) is 0 Å². The Morgan fingerprint density at radius 3 is 2.44 bits per heavy atom. The van der Waals surface area contributed by atoms with E-state index in [1.807, 2.05) is 0 Å². The summed E-state index contributed by atoms with van der Waals surface area (Å²) in [4.78, 5) is 10.9. The number of aromatic carboxylic acids is 1. The molecule has 0 atom stereocenters. The number of benzene rings is 1. The van der Waals surface area contributed by atoms with E-state index in [9.17, 15) is 13.2 Å². The van der Waals surface area contributed by atoms with Gasteiger partial charge in [-0.05, 0) is 12.1 Å². The molecule has 7 heteroatoms.